The molecule has 0 radical (unpaired) electrons. The summed E-state index contributed by atoms with van der Waals surface area (Å²) in [4.78, 5) is 10.9. The van der Waals surface area contributed by atoms with E-state index in [2.05, 4.69) is 36.4 Å². The van der Waals surface area contributed by atoms with Crippen LogP contribution in [0.2, 0.25) is 0 Å². The molecule has 0 aliphatic heterocycles. The van der Waals surface area contributed by atoms with Crippen molar-refractivity contribution in [3.8, 4) is 0 Å². The molecule has 0 saturated heterocycles. The first-order valence-corrected chi connectivity index (χ1v) is 9.61. The van der Waals surface area contributed by atoms with Crippen LogP contribution in [0, 0.1) is 10.1 Å². The zero-order chi connectivity index (χ0) is 16.8. The first-order chi connectivity index (χ1) is 11.7. The number of nitro groups is 1. The van der Waals surface area contributed by atoms with Gasteiger partial charge in [-0.2, -0.15) is 0 Å². The number of benzene rings is 3. The lowest BCUT2D eigenvalue weighted by Crippen LogP contribution is -2.28. The Morgan fingerprint density at radius 2 is 1.04 bits per heavy atom. The first-order valence-electron chi connectivity index (χ1n) is 7.75. The third-order valence-electron chi connectivity index (χ3n) is 3.99. The van der Waals surface area contributed by atoms with E-state index in [0.29, 0.717) is 0 Å². The van der Waals surface area contributed by atoms with Crippen molar-refractivity contribution >= 4 is 28.6 Å². The number of hydrogen-bond acceptors (Lipinski definition) is 2. The van der Waals surface area contributed by atoms with Crippen molar-refractivity contribution in [3.63, 3.8) is 0 Å². The van der Waals surface area contributed by atoms with Crippen molar-refractivity contribution in [1.82, 2.24) is 0 Å². The Bertz CT molecular complexity index is 758. The summed E-state index contributed by atoms with van der Waals surface area (Å²) in [5, 5.41) is 14.5. The molecule has 0 saturated carbocycles. The molecule has 0 atom stereocenters. The highest BCUT2D eigenvalue weighted by Gasteiger charge is 2.25. The van der Waals surface area contributed by atoms with Crippen molar-refractivity contribution in [3.05, 3.63) is 101 Å². The summed E-state index contributed by atoms with van der Waals surface area (Å²) in [5.41, 5.74) is 0. The molecule has 0 fully saturated rings. The van der Waals surface area contributed by atoms with E-state index >= 15 is 0 Å². The van der Waals surface area contributed by atoms with Crippen LogP contribution in [0.4, 0.5) is 0 Å². The Morgan fingerprint density at radius 3 is 1.33 bits per heavy atom. The zero-order valence-electron chi connectivity index (χ0n) is 13.2. The Hall–Kier alpha value is -2.64. The predicted octanol–water partition coefficient (Wildman–Crippen LogP) is 3.06. The zero-order valence-corrected chi connectivity index (χ0v) is 14.1. The predicted molar refractivity (Wildman–Crippen MR) is 103 cm³/mol. The van der Waals surface area contributed by atoms with Crippen molar-refractivity contribution in [2.75, 3.05) is 6.54 Å². The Labute approximate surface area is 141 Å². The molecule has 0 aromatic heterocycles. The lowest BCUT2D eigenvalue weighted by atomic mass is 10.4. The maximum absolute atomic E-state index is 11.1. The second-order valence-corrected chi connectivity index (χ2v) is 8.79. The van der Waals surface area contributed by atoms with E-state index in [-0.39, 0.29) is 11.5 Å². The van der Waals surface area contributed by atoms with Crippen molar-refractivity contribution < 1.29 is 4.92 Å². The largest absolute Gasteiger partial charge is 0.264 e. The van der Waals surface area contributed by atoms with Crippen LogP contribution < -0.4 is 15.9 Å². The van der Waals surface area contributed by atoms with Gasteiger partial charge in [0.05, 0.1) is 0 Å². The van der Waals surface area contributed by atoms with Gasteiger partial charge in [-0.05, 0) is 28.6 Å². The third kappa shape index (κ3) is 3.17. The maximum atomic E-state index is 11.1. The summed E-state index contributed by atoms with van der Waals surface area (Å²) in [7, 11) is 0. The van der Waals surface area contributed by atoms with Crippen LogP contribution in [0.1, 0.15) is 0 Å². The summed E-state index contributed by atoms with van der Waals surface area (Å²) >= 11 is 0. The van der Waals surface area contributed by atoms with Crippen LogP contribution in [-0.2, 0) is 0 Å². The van der Waals surface area contributed by atoms with Gasteiger partial charge in [0.15, 0.2) is 0 Å². The third-order valence-corrected chi connectivity index (χ3v) is 8.04. The van der Waals surface area contributed by atoms with E-state index in [9.17, 15) is 10.1 Å². The molecule has 0 amide bonds. The van der Waals surface area contributed by atoms with Gasteiger partial charge in [0.1, 0.15) is 0 Å². The molecular formula is C20H18NO2P. The second kappa shape index (κ2) is 7.29. The Morgan fingerprint density at radius 1 is 0.708 bits per heavy atom. The maximum Gasteiger partial charge on any atom is 0.223 e. The average molecular weight is 335 g/mol. The fourth-order valence-electron chi connectivity index (χ4n) is 2.94. The normalized spacial score (nSPS) is 11.0. The number of hydrogen-bond donors (Lipinski definition) is 0. The number of nitrogens with zero attached hydrogens (tertiary/aromatic N) is 1. The highest BCUT2D eigenvalue weighted by molar-refractivity contribution is 7.94. The smallest absolute Gasteiger partial charge is 0.223 e. The molecule has 0 bridgehead atoms. The minimum Gasteiger partial charge on any atom is -0.264 e. The van der Waals surface area contributed by atoms with E-state index in [0.717, 1.165) is 15.9 Å². The van der Waals surface area contributed by atoms with Gasteiger partial charge in [0, 0.05) is 4.92 Å². The van der Waals surface area contributed by atoms with E-state index in [1.807, 2.05) is 60.4 Å². The molecule has 4 heteroatoms. The Kier molecular flexibility index (Phi) is 4.93. The first kappa shape index (κ1) is 16.2. The molecule has 0 aliphatic carbocycles. The molecular weight excluding hydrogens is 317 g/mol. The van der Waals surface area contributed by atoms with Gasteiger partial charge in [0.25, 0.3) is 0 Å². The van der Waals surface area contributed by atoms with Gasteiger partial charge in [-0.15, -0.1) is 0 Å². The number of rotatable bonds is 5. The van der Waals surface area contributed by atoms with Crippen molar-refractivity contribution in [2.45, 2.75) is 0 Å². The minimum absolute atomic E-state index is 0.160. The average Bonchev–Trinajstić information content (AvgIpc) is 2.65. The van der Waals surface area contributed by atoms with Crippen LogP contribution in [0.15, 0.2) is 91.0 Å². The van der Waals surface area contributed by atoms with Crippen LogP contribution in [0.5, 0.6) is 0 Å². The van der Waals surface area contributed by atoms with Gasteiger partial charge >= 0.3 is 0 Å². The Balaban J connectivity index is 2.37. The molecule has 3 rings (SSSR count). The molecule has 0 heterocycles. The molecule has 24 heavy (non-hydrogen) atoms. The standard InChI is InChI=1S/C20H18NO2P/c22-21(23)16-17-24(18-10-4-1-5-11-18,19-12-6-2-7-13-19)20-14-8-3-9-15-20/h1-15,17H,16H2. The summed E-state index contributed by atoms with van der Waals surface area (Å²) in [6.07, 6.45) is 0. The fourth-order valence-corrected chi connectivity index (χ4v) is 6.77. The minimum atomic E-state index is -2.17. The summed E-state index contributed by atoms with van der Waals surface area (Å²) in [6, 6.07) is 30.3. The van der Waals surface area contributed by atoms with Crippen molar-refractivity contribution in [2.24, 2.45) is 0 Å². The van der Waals surface area contributed by atoms with Gasteiger partial charge in [-0.1, -0.05) is 91.0 Å². The van der Waals surface area contributed by atoms with Crippen LogP contribution in [0.3, 0.4) is 0 Å². The van der Waals surface area contributed by atoms with Gasteiger partial charge < -0.3 is 0 Å². The molecule has 3 aromatic carbocycles. The van der Waals surface area contributed by atoms with E-state index in [1.54, 1.807) is 0 Å². The van der Waals surface area contributed by atoms with Gasteiger partial charge in [-0.3, -0.25) is 10.1 Å². The van der Waals surface area contributed by atoms with E-state index in [1.165, 1.54) is 0 Å². The van der Waals surface area contributed by atoms with Crippen LogP contribution in [-0.4, -0.2) is 17.3 Å². The summed E-state index contributed by atoms with van der Waals surface area (Å²) < 4.78 is 0. The molecule has 0 N–H and O–H groups in total. The van der Waals surface area contributed by atoms with Gasteiger partial charge in [-0.25, -0.2) is 0 Å². The monoisotopic (exact) mass is 335 g/mol. The SMILES string of the molecule is O=[N+]([O-])CC=P(c1ccccc1)(c1ccccc1)c1ccccc1. The van der Waals surface area contributed by atoms with Crippen LogP contribution in [0.25, 0.3) is 0 Å². The highest BCUT2D eigenvalue weighted by Crippen LogP contribution is 2.43. The molecule has 3 aromatic rings. The lowest BCUT2D eigenvalue weighted by Gasteiger charge is -2.28. The molecule has 120 valence electrons. The van der Waals surface area contributed by atoms with Gasteiger partial charge in [0.2, 0.25) is 6.54 Å². The van der Waals surface area contributed by atoms with E-state index in [4.69, 9.17) is 0 Å². The van der Waals surface area contributed by atoms with E-state index < -0.39 is 6.89 Å². The second-order valence-electron chi connectivity index (χ2n) is 5.43. The lowest BCUT2D eigenvalue weighted by molar-refractivity contribution is -0.461. The fraction of sp³-hybridized carbons (Fsp3) is 0.0500. The summed E-state index contributed by atoms with van der Waals surface area (Å²) in [5.74, 6) is 1.91. The molecule has 0 spiro atoms. The summed E-state index contributed by atoms with van der Waals surface area (Å²) in [6.45, 7) is -2.33. The quantitative estimate of drug-likeness (QED) is 0.409. The highest BCUT2D eigenvalue weighted by atomic mass is 31.2. The topological polar surface area (TPSA) is 43.1 Å². The van der Waals surface area contributed by atoms with Crippen LogP contribution >= 0.6 is 6.89 Å². The molecule has 0 aliphatic rings. The molecule has 3 nitrogen and oxygen atoms in total. The van der Waals surface area contributed by atoms with Crippen molar-refractivity contribution in [1.29, 1.82) is 0 Å². The molecule has 0 unspecified atom stereocenters.